The molecule has 26 heavy (non-hydrogen) atoms. The summed E-state index contributed by atoms with van der Waals surface area (Å²) in [5, 5.41) is 2.59. The van der Waals surface area contributed by atoms with Crippen LogP contribution in [0.2, 0.25) is 0 Å². The van der Waals surface area contributed by atoms with Gasteiger partial charge < -0.3 is 0 Å². The van der Waals surface area contributed by atoms with E-state index in [-0.39, 0.29) is 0 Å². The van der Waals surface area contributed by atoms with Gasteiger partial charge in [0.2, 0.25) is 0 Å². The van der Waals surface area contributed by atoms with E-state index in [1.54, 1.807) is 0 Å². The average Bonchev–Trinajstić information content (AvgIpc) is 2.65. The molecule has 0 unspecified atom stereocenters. The van der Waals surface area contributed by atoms with Crippen LogP contribution in [-0.2, 0) is 14.1 Å². The van der Waals surface area contributed by atoms with Crippen molar-refractivity contribution < 1.29 is 9.13 Å². The highest BCUT2D eigenvalue weighted by molar-refractivity contribution is 6.06. The lowest BCUT2D eigenvalue weighted by Crippen LogP contribution is -2.30. The third-order valence-electron chi connectivity index (χ3n) is 5.32. The fourth-order valence-electron chi connectivity index (χ4n) is 3.53. The zero-order chi connectivity index (χ0) is 18.3. The van der Waals surface area contributed by atoms with Crippen molar-refractivity contribution in [3.8, 4) is 22.3 Å². The Hall–Kier alpha value is -3.00. The standard InChI is InChI=1S/C24H24N2/c1-17-15-20(11-13-25(17)3)22-9-5-7-19-8-6-10-23(24(19)22)21-12-14-26(4)18(2)16-21/h5-16H,1-4H3/q+2. The van der Waals surface area contributed by atoms with Crippen LogP contribution in [0.4, 0.5) is 0 Å². The maximum Gasteiger partial charge on any atom is 0.178 e. The predicted octanol–water partition coefficient (Wildman–Crippen LogP) is 4.44. The molecule has 0 saturated carbocycles. The Bertz CT molecular complexity index is 1040. The first-order valence-corrected chi connectivity index (χ1v) is 8.99. The lowest BCUT2D eigenvalue weighted by atomic mass is 9.91. The van der Waals surface area contributed by atoms with E-state index in [2.05, 4.69) is 110 Å². The third kappa shape index (κ3) is 2.78. The van der Waals surface area contributed by atoms with Gasteiger partial charge in [0, 0.05) is 38.1 Å². The summed E-state index contributed by atoms with van der Waals surface area (Å²) in [6, 6.07) is 22.1. The van der Waals surface area contributed by atoms with Crippen LogP contribution in [-0.4, -0.2) is 0 Å². The Morgan fingerprint density at radius 1 is 0.615 bits per heavy atom. The zero-order valence-corrected chi connectivity index (χ0v) is 15.8. The largest absolute Gasteiger partial charge is 0.205 e. The van der Waals surface area contributed by atoms with Gasteiger partial charge in [-0.05, 0) is 33.0 Å². The molecule has 4 rings (SSSR count). The van der Waals surface area contributed by atoms with E-state index in [0.29, 0.717) is 0 Å². The molecule has 4 aromatic rings. The Balaban J connectivity index is 2.03. The predicted molar refractivity (Wildman–Crippen MR) is 107 cm³/mol. The van der Waals surface area contributed by atoms with Crippen molar-refractivity contribution in [1.82, 2.24) is 0 Å². The highest BCUT2D eigenvalue weighted by atomic mass is 14.9. The van der Waals surface area contributed by atoms with Crippen molar-refractivity contribution in [2.45, 2.75) is 13.8 Å². The molecule has 0 aliphatic heterocycles. The van der Waals surface area contributed by atoms with E-state index in [1.165, 1.54) is 44.4 Å². The second-order valence-corrected chi connectivity index (χ2v) is 7.04. The molecule has 2 aromatic heterocycles. The molecule has 0 atom stereocenters. The van der Waals surface area contributed by atoms with Crippen LogP contribution < -0.4 is 9.13 Å². The Kier molecular flexibility index (Phi) is 4.04. The normalized spacial score (nSPS) is 11.1. The molecule has 128 valence electrons. The first kappa shape index (κ1) is 16.5. The summed E-state index contributed by atoms with van der Waals surface area (Å²) >= 11 is 0. The number of rotatable bonds is 2. The Labute approximate surface area is 155 Å². The maximum atomic E-state index is 2.27. The molecular formula is C24H24N2+2. The molecule has 2 aromatic carbocycles. The minimum Gasteiger partial charge on any atom is -0.205 e. The number of hydrogen-bond acceptors (Lipinski definition) is 0. The van der Waals surface area contributed by atoms with Gasteiger partial charge in [-0.2, -0.15) is 0 Å². The fourth-order valence-corrected chi connectivity index (χ4v) is 3.53. The van der Waals surface area contributed by atoms with Gasteiger partial charge in [0.1, 0.15) is 14.1 Å². The van der Waals surface area contributed by atoms with Gasteiger partial charge >= 0.3 is 0 Å². The number of pyridine rings is 2. The topological polar surface area (TPSA) is 7.76 Å². The molecule has 0 spiro atoms. The van der Waals surface area contributed by atoms with Crippen molar-refractivity contribution in [3.05, 3.63) is 84.4 Å². The van der Waals surface area contributed by atoms with E-state index in [0.717, 1.165) is 0 Å². The van der Waals surface area contributed by atoms with E-state index in [9.17, 15) is 0 Å². The van der Waals surface area contributed by atoms with Gasteiger partial charge in [-0.25, -0.2) is 9.13 Å². The first-order chi connectivity index (χ1) is 12.5. The lowest BCUT2D eigenvalue weighted by Gasteiger charge is -2.12. The van der Waals surface area contributed by atoms with Crippen molar-refractivity contribution in [1.29, 1.82) is 0 Å². The van der Waals surface area contributed by atoms with E-state index in [1.807, 2.05) is 0 Å². The second-order valence-electron chi connectivity index (χ2n) is 7.04. The van der Waals surface area contributed by atoms with Gasteiger partial charge in [0.15, 0.2) is 23.8 Å². The molecule has 0 fully saturated rings. The van der Waals surface area contributed by atoms with Crippen LogP contribution in [0, 0.1) is 13.8 Å². The molecule has 0 amide bonds. The van der Waals surface area contributed by atoms with Gasteiger partial charge in [-0.15, -0.1) is 0 Å². The summed E-state index contributed by atoms with van der Waals surface area (Å²) < 4.78 is 4.30. The number of aryl methyl sites for hydroxylation is 4. The van der Waals surface area contributed by atoms with Crippen LogP contribution >= 0.6 is 0 Å². The summed E-state index contributed by atoms with van der Waals surface area (Å²) in [6.45, 7) is 4.30. The van der Waals surface area contributed by atoms with Crippen LogP contribution in [0.3, 0.4) is 0 Å². The van der Waals surface area contributed by atoms with E-state index >= 15 is 0 Å². The lowest BCUT2D eigenvalue weighted by molar-refractivity contribution is -0.677. The first-order valence-electron chi connectivity index (χ1n) is 8.99. The minimum absolute atomic E-state index is 1.25. The van der Waals surface area contributed by atoms with Gasteiger partial charge in [0.25, 0.3) is 0 Å². The summed E-state index contributed by atoms with van der Waals surface area (Å²) in [4.78, 5) is 0. The molecule has 0 aliphatic rings. The van der Waals surface area contributed by atoms with Crippen LogP contribution in [0.1, 0.15) is 11.4 Å². The van der Waals surface area contributed by atoms with Crippen LogP contribution in [0.5, 0.6) is 0 Å². The Morgan fingerprint density at radius 2 is 1.08 bits per heavy atom. The zero-order valence-electron chi connectivity index (χ0n) is 15.8. The van der Waals surface area contributed by atoms with Gasteiger partial charge in [0.05, 0.1) is 0 Å². The number of nitrogens with zero attached hydrogens (tertiary/aromatic N) is 2. The highest BCUT2D eigenvalue weighted by Gasteiger charge is 2.13. The average molecular weight is 340 g/mol. The molecule has 2 heterocycles. The quantitative estimate of drug-likeness (QED) is 0.477. The molecular weight excluding hydrogens is 316 g/mol. The molecule has 2 nitrogen and oxygen atoms in total. The minimum atomic E-state index is 1.25. The summed E-state index contributed by atoms with van der Waals surface area (Å²) in [5.74, 6) is 0. The summed E-state index contributed by atoms with van der Waals surface area (Å²) in [7, 11) is 4.17. The van der Waals surface area contributed by atoms with Crippen LogP contribution in [0.15, 0.2) is 73.1 Å². The number of aromatic nitrogens is 2. The highest BCUT2D eigenvalue weighted by Crippen LogP contribution is 2.36. The van der Waals surface area contributed by atoms with Gasteiger partial charge in [-0.3, -0.25) is 0 Å². The monoisotopic (exact) mass is 340 g/mol. The molecule has 0 N–H and O–H groups in total. The molecule has 0 radical (unpaired) electrons. The third-order valence-corrected chi connectivity index (χ3v) is 5.32. The van der Waals surface area contributed by atoms with E-state index < -0.39 is 0 Å². The maximum absolute atomic E-state index is 2.27. The van der Waals surface area contributed by atoms with Gasteiger partial charge in [-0.1, -0.05) is 36.4 Å². The molecule has 2 heteroatoms. The van der Waals surface area contributed by atoms with Crippen molar-refractivity contribution >= 4 is 10.8 Å². The number of benzene rings is 2. The van der Waals surface area contributed by atoms with Crippen molar-refractivity contribution in [2.75, 3.05) is 0 Å². The summed E-state index contributed by atoms with van der Waals surface area (Å²) in [5.41, 5.74) is 7.59. The number of hydrogen-bond donors (Lipinski definition) is 0. The molecule has 0 saturated heterocycles. The molecule has 0 aliphatic carbocycles. The Morgan fingerprint density at radius 3 is 1.50 bits per heavy atom. The summed E-state index contributed by atoms with van der Waals surface area (Å²) in [6.07, 6.45) is 4.28. The van der Waals surface area contributed by atoms with Crippen molar-refractivity contribution in [2.24, 2.45) is 14.1 Å². The molecule has 0 bridgehead atoms. The fraction of sp³-hybridized carbons (Fsp3) is 0.167. The van der Waals surface area contributed by atoms with Crippen LogP contribution in [0.25, 0.3) is 33.0 Å². The second kappa shape index (κ2) is 6.38. The smallest absolute Gasteiger partial charge is 0.178 e. The SMILES string of the molecule is Cc1cc(-c2cccc3cccc(-c4cc[n+](C)c(C)c4)c23)cc[n+]1C. The van der Waals surface area contributed by atoms with E-state index in [4.69, 9.17) is 0 Å². The number of fused-ring (bicyclic) bond motifs is 1. The van der Waals surface area contributed by atoms with Crippen molar-refractivity contribution in [3.63, 3.8) is 0 Å².